The van der Waals surface area contributed by atoms with Crippen molar-refractivity contribution in [2.45, 2.75) is 39.0 Å². The monoisotopic (exact) mass is 481 g/mol. The quantitative estimate of drug-likeness (QED) is 0.302. The van der Waals surface area contributed by atoms with Crippen LogP contribution in [0.4, 0.5) is 0 Å². The molecule has 0 atom stereocenters. The summed E-state index contributed by atoms with van der Waals surface area (Å²) in [5, 5.41) is 0. The molecule has 3 aromatic carbocycles. The molecule has 0 aromatic heterocycles. The van der Waals surface area contributed by atoms with Crippen LogP contribution in [0.25, 0.3) is 11.1 Å². The molecule has 0 saturated carbocycles. The number of hydrogen-bond donors (Lipinski definition) is 0. The van der Waals surface area contributed by atoms with E-state index in [9.17, 15) is 4.79 Å². The first-order valence-electron chi connectivity index (χ1n) is 13.3. The molecule has 3 aromatic rings. The second-order valence-corrected chi connectivity index (χ2v) is 9.63. The van der Waals surface area contributed by atoms with Crippen molar-refractivity contribution in [1.29, 1.82) is 0 Å². The summed E-state index contributed by atoms with van der Waals surface area (Å²) in [6.45, 7) is 6.78. The minimum Gasteiger partial charge on any atom is -0.494 e. The van der Waals surface area contributed by atoms with E-state index in [0.29, 0.717) is 18.8 Å². The molecule has 0 radical (unpaired) electrons. The molecule has 1 fully saturated rings. The number of rotatable bonds is 10. The van der Waals surface area contributed by atoms with Crippen molar-refractivity contribution in [2.75, 3.05) is 32.8 Å². The number of likely N-dealkylation sites (tertiary alicyclic amines) is 1. The molecule has 0 spiro atoms. The van der Waals surface area contributed by atoms with Crippen LogP contribution in [0, 0.1) is 0 Å². The fourth-order valence-corrected chi connectivity index (χ4v) is 5.20. The van der Waals surface area contributed by atoms with Gasteiger partial charge in [-0.1, -0.05) is 43.3 Å². The van der Waals surface area contributed by atoms with E-state index in [4.69, 9.17) is 9.47 Å². The molecule has 36 heavy (non-hydrogen) atoms. The predicted molar refractivity (Wildman–Crippen MR) is 146 cm³/mol. The van der Waals surface area contributed by atoms with Crippen LogP contribution in [0.5, 0.6) is 11.5 Å². The molecule has 0 unspecified atom stereocenters. The predicted octanol–water partition coefficient (Wildman–Crippen LogP) is 6.69. The van der Waals surface area contributed by atoms with E-state index in [0.717, 1.165) is 59.6 Å². The smallest absolute Gasteiger partial charge is 0.193 e. The topological polar surface area (TPSA) is 38.8 Å². The Morgan fingerprint density at radius 2 is 1.47 bits per heavy atom. The van der Waals surface area contributed by atoms with Crippen LogP contribution in [-0.2, 0) is 6.42 Å². The molecule has 2 aliphatic rings. The van der Waals surface area contributed by atoms with Gasteiger partial charge in [-0.25, -0.2) is 0 Å². The summed E-state index contributed by atoms with van der Waals surface area (Å²) in [6, 6.07) is 24.1. The lowest BCUT2D eigenvalue weighted by Crippen LogP contribution is -2.25. The zero-order valence-electron chi connectivity index (χ0n) is 21.2. The van der Waals surface area contributed by atoms with Crippen LogP contribution in [0.1, 0.15) is 59.7 Å². The first-order chi connectivity index (χ1) is 17.7. The molecule has 5 rings (SSSR count). The summed E-state index contributed by atoms with van der Waals surface area (Å²) in [5.41, 5.74) is 5.95. The summed E-state index contributed by atoms with van der Waals surface area (Å²) in [4.78, 5) is 16.4. The Balaban J connectivity index is 1.39. The van der Waals surface area contributed by atoms with Gasteiger partial charge in [0.2, 0.25) is 0 Å². The number of carbonyl (C=O) groups is 1. The third kappa shape index (κ3) is 5.55. The van der Waals surface area contributed by atoms with Crippen molar-refractivity contribution in [3.8, 4) is 11.5 Å². The maximum absolute atomic E-state index is 13.9. The fourth-order valence-electron chi connectivity index (χ4n) is 5.20. The van der Waals surface area contributed by atoms with E-state index in [1.165, 1.54) is 31.5 Å². The zero-order valence-corrected chi connectivity index (χ0v) is 21.2. The van der Waals surface area contributed by atoms with Crippen molar-refractivity contribution in [3.63, 3.8) is 0 Å². The van der Waals surface area contributed by atoms with Crippen molar-refractivity contribution in [2.24, 2.45) is 0 Å². The average molecular weight is 482 g/mol. The lowest BCUT2D eigenvalue weighted by molar-refractivity contribution is 0.105. The molecular formula is C32H35NO3. The van der Waals surface area contributed by atoms with Gasteiger partial charge in [0.15, 0.2) is 5.78 Å². The lowest BCUT2D eigenvalue weighted by Gasteiger charge is -2.23. The highest BCUT2D eigenvalue weighted by Crippen LogP contribution is 2.39. The van der Waals surface area contributed by atoms with E-state index >= 15 is 0 Å². The Kier molecular flexibility index (Phi) is 7.82. The number of allylic oxidation sites excluding steroid dienone is 2. The SMILES string of the molecule is CCCOc1ccc(C2=C(C(=O)c3ccc(OCCN4CCCC4)cc3)c3ccccc3CC2)cc1. The normalized spacial score (nSPS) is 15.6. The van der Waals surface area contributed by atoms with Crippen molar-refractivity contribution >= 4 is 16.9 Å². The highest BCUT2D eigenvalue weighted by molar-refractivity contribution is 6.35. The molecule has 1 aliphatic carbocycles. The molecule has 1 saturated heterocycles. The largest absolute Gasteiger partial charge is 0.494 e. The second-order valence-electron chi connectivity index (χ2n) is 9.63. The average Bonchev–Trinajstić information content (AvgIpc) is 3.45. The highest BCUT2D eigenvalue weighted by Gasteiger charge is 2.26. The van der Waals surface area contributed by atoms with Crippen molar-refractivity contribution in [3.05, 3.63) is 95.1 Å². The van der Waals surface area contributed by atoms with E-state index < -0.39 is 0 Å². The Bertz CT molecular complexity index is 1200. The van der Waals surface area contributed by atoms with Crippen molar-refractivity contribution in [1.82, 2.24) is 4.90 Å². The van der Waals surface area contributed by atoms with Gasteiger partial charge >= 0.3 is 0 Å². The fraction of sp³-hybridized carbons (Fsp3) is 0.344. The number of nitrogens with zero attached hydrogens (tertiary/aromatic N) is 1. The maximum atomic E-state index is 13.9. The van der Waals surface area contributed by atoms with Gasteiger partial charge in [0, 0.05) is 17.7 Å². The number of carbonyl (C=O) groups excluding carboxylic acids is 1. The van der Waals surface area contributed by atoms with Crippen LogP contribution in [0.3, 0.4) is 0 Å². The van der Waals surface area contributed by atoms with Crippen LogP contribution >= 0.6 is 0 Å². The van der Waals surface area contributed by atoms with Crippen LogP contribution in [-0.4, -0.2) is 43.5 Å². The number of ketones is 1. The number of hydrogen-bond acceptors (Lipinski definition) is 4. The number of benzene rings is 3. The summed E-state index contributed by atoms with van der Waals surface area (Å²) < 4.78 is 11.7. The minimum atomic E-state index is 0.0621. The Morgan fingerprint density at radius 1 is 0.806 bits per heavy atom. The highest BCUT2D eigenvalue weighted by atomic mass is 16.5. The zero-order chi connectivity index (χ0) is 24.7. The third-order valence-corrected chi connectivity index (χ3v) is 7.13. The molecule has 186 valence electrons. The van der Waals surface area contributed by atoms with E-state index in [1.54, 1.807) is 0 Å². The van der Waals surface area contributed by atoms with Gasteiger partial charge in [-0.05, 0) is 104 Å². The van der Waals surface area contributed by atoms with E-state index in [1.807, 2.05) is 42.5 Å². The van der Waals surface area contributed by atoms with Gasteiger partial charge in [-0.15, -0.1) is 0 Å². The van der Waals surface area contributed by atoms with Gasteiger partial charge in [0.25, 0.3) is 0 Å². The number of Topliss-reactive ketones (excluding diaryl/α,β-unsaturated/α-hetero) is 1. The van der Waals surface area contributed by atoms with Crippen molar-refractivity contribution < 1.29 is 14.3 Å². The molecule has 4 heteroatoms. The van der Waals surface area contributed by atoms with E-state index in [-0.39, 0.29) is 5.78 Å². The Morgan fingerprint density at radius 3 is 2.19 bits per heavy atom. The van der Waals surface area contributed by atoms with Crippen LogP contribution in [0.2, 0.25) is 0 Å². The Hall–Kier alpha value is -3.37. The number of ether oxygens (including phenoxy) is 2. The maximum Gasteiger partial charge on any atom is 0.193 e. The number of aryl methyl sites for hydroxylation is 1. The molecule has 4 nitrogen and oxygen atoms in total. The van der Waals surface area contributed by atoms with Gasteiger partial charge < -0.3 is 9.47 Å². The standard InChI is InChI=1S/C32H35NO3/c1-2-22-35-27-14-9-25(10-15-27)30-18-13-24-7-3-4-8-29(24)31(30)32(34)26-11-16-28(17-12-26)36-23-21-33-19-5-6-20-33/h3-4,7-12,14-17H,2,5-6,13,18-23H2,1H3. The summed E-state index contributed by atoms with van der Waals surface area (Å²) in [7, 11) is 0. The molecule has 1 heterocycles. The van der Waals surface area contributed by atoms with Crippen LogP contribution in [0.15, 0.2) is 72.8 Å². The molecular weight excluding hydrogens is 446 g/mol. The Labute approximate surface area is 214 Å². The molecule has 1 aliphatic heterocycles. The third-order valence-electron chi connectivity index (χ3n) is 7.13. The van der Waals surface area contributed by atoms with Crippen LogP contribution < -0.4 is 9.47 Å². The number of fused-ring (bicyclic) bond motifs is 1. The van der Waals surface area contributed by atoms with Gasteiger partial charge in [0.1, 0.15) is 18.1 Å². The van der Waals surface area contributed by atoms with Gasteiger partial charge in [-0.2, -0.15) is 0 Å². The lowest BCUT2D eigenvalue weighted by atomic mass is 9.79. The summed E-state index contributed by atoms with van der Waals surface area (Å²) in [5.74, 6) is 1.74. The minimum absolute atomic E-state index is 0.0621. The van der Waals surface area contributed by atoms with Gasteiger partial charge in [0.05, 0.1) is 6.61 Å². The molecule has 0 bridgehead atoms. The second kappa shape index (κ2) is 11.6. The van der Waals surface area contributed by atoms with Gasteiger partial charge in [-0.3, -0.25) is 9.69 Å². The molecule has 0 N–H and O–H groups in total. The van der Waals surface area contributed by atoms with E-state index in [2.05, 4.69) is 42.2 Å². The first kappa shape index (κ1) is 24.3. The molecule has 0 amide bonds. The summed E-state index contributed by atoms with van der Waals surface area (Å²) in [6.07, 6.45) is 5.32. The first-order valence-corrected chi connectivity index (χ1v) is 13.3. The summed E-state index contributed by atoms with van der Waals surface area (Å²) >= 11 is 0.